The second kappa shape index (κ2) is 10.3. The van der Waals surface area contributed by atoms with E-state index in [1.165, 1.54) is 43.3 Å². The number of ether oxygens (including phenoxy) is 1. The molecule has 0 bridgehead atoms. The SMILES string of the molecule is COc1ccc(C(=O)N(C)C(C)c2ccccc2F)cc1S(=O)(=O)NCc1ccc(Cl)cc1. The Labute approximate surface area is 198 Å². The Morgan fingerprint density at radius 3 is 2.42 bits per heavy atom. The molecule has 1 N–H and O–H groups in total. The normalized spacial score (nSPS) is 12.3. The van der Waals surface area contributed by atoms with Crippen molar-refractivity contribution in [2.45, 2.75) is 24.4 Å². The van der Waals surface area contributed by atoms with Crippen molar-refractivity contribution < 1.29 is 22.3 Å². The second-order valence-corrected chi connectivity index (χ2v) is 9.60. The molecule has 0 aromatic heterocycles. The molecule has 0 saturated carbocycles. The highest BCUT2D eigenvalue weighted by Gasteiger charge is 2.25. The van der Waals surface area contributed by atoms with Gasteiger partial charge in [-0.25, -0.2) is 17.5 Å². The third-order valence-electron chi connectivity index (χ3n) is 5.34. The number of hydrogen-bond donors (Lipinski definition) is 1. The van der Waals surface area contributed by atoms with Crippen LogP contribution in [0.2, 0.25) is 5.02 Å². The molecule has 0 spiro atoms. The summed E-state index contributed by atoms with van der Waals surface area (Å²) in [6, 6.07) is 16.5. The van der Waals surface area contributed by atoms with Gasteiger partial charge in [-0.2, -0.15) is 0 Å². The summed E-state index contributed by atoms with van der Waals surface area (Å²) in [5.74, 6) is -0.781. The summed E-state index contributed by atoms with van der Waals surface area (Å²) in [5, 5.41) is 0.545. The Balaban J connectivity index is 1.86. The van der Waals surface area contributed by atoms with Crippen molar-refractivity contribution in [2.24, 2.45) is 0 Å². The molecular weight excluding hydrogens is 467 g/mol. The Morgan fingerprint density at radius 1 is 1.12 bits per heavy atom. The second-order valence-electron chi connectivity index (χ2n) is 7.43. The molecule has 33 heavy (non-hydrogen) atoms. The highest BCUT2D eigenvalue weighted by atomic mass is 35.5. The van der Waals surface area contributed by atoms with Crippen LogP contribution in [0.25, 0.3) is 0 Å². The van der Waals surface area contributed by atoms with Crippen LogP contribution in [-0.2, 0) is 16.6 Å². The molecule has 0 radical (unpaired) electrons. The summed E-state index contributed by atoms with van der Waals surface area (Å²) in [6.45, 7) is 1.73. The van der Waals surface area contributed by atoms with Crippen molar-refractivity contribution in [3.63, 3.8) is 0 Å². The number of carbonyl (C=O) groups excluding carboxylic acids is 1. The first kappa shape index (κ1) is 24.7. The minimum absolute atomic E-state index is 0.0328. The molecular formula is C24H24ClFN2O4S. The zero-order valence-corrected chi connectivity index (χ0v) is 20.0. The van der Waals surface area contributed by atoms with E-state index in [1.807, 2.05) is 0 Å². The maximum absolute atomic E-state index is 14.2. The maximum Gasteiger partial charge on any atom is 0.254 e. The fourth-order valence-corrected chi connectivity index (χ4v) is 4.62. The lowest BCUT2D eigenvalue weighted by Crippen LogP contribution is -2.30. The predicted molar refractivity (Wildman–Crippen MR) is 125 cm³/mol. The fourth-order valence-electron chi connectivity index (χ4n) is 3.28. The smallest absolute Gasteiger partial charge is 0.254 e. The summed E-state index contributed by atoms with van der Waals surface area (Å²) in [5.41, 5.74) is 1.21. The van der Waals surface area contributed by atoms with E-state index < -0.39 is 27.8 Å². The summed E-state index contributed by atoms with van der Waals surface area (Å²) >= 11 is 5.87. The number of rotatable bonds is 8. The summed E-state index contributed by atoms with van der Waals surface area (Å²) < 4.78 is 47.9. The van der Waals surface area contributed by atoms with Crippen LogP contribution in [0.3, 0.4) is 0 Å². The van der Waals surface area contributed by atoms with Crippen LogP contribution in [0.4, 0.5) is 4.39 Å². The molecule has 0 aliphatic heterocycles. The number of methoxy groups -OCH3 is 1. The molecule has 6 nitrogen and oxygen atoms in total. The van der Waals surface area contributed by atoms with E-state index in [-0.39, 0.29) is 22.8 Å². The van der Waals surface area contributed by atoms with E-state index in [9.17, 15) is 17.6 Å². The topological polar surface area (TPSA) is 75.7 Å². The summed E-state index contributed by atoms with van der Waals surface area (Å²) in [7, 11) is -1.12. The van der Waals surface area contributed by atoms with Crippen molar-refractivity contribution in [1.82, 2.24) is 9.62 Å². The third kappa shape index (κ3) is 5.71. The Bertz CT molecular complexity index is 1250. The number of nitrogens with one attached hydrogen (secondary N) is 1. The van der Waals surface area contributed by atoms with Gasteiger partial charge in [0.15, 0.2) is 0 Å². The third-order valence-corrected chi connectivity index (χ3v) is 7.01. The number of amides is 1. The molecule has 1 atom stereocenters. The fraction of sp³-hybridized carbons (Fsp3) is 0.208. The molecule has 0 heterocycles. The van der Waals surface area contributed by atoms with Crippen LogP contribution in [0, 0.1) is 5.82 Å². The van der Waals surface area contributed by atoms with Gasteiger partial charge in [0.2, 0.25) is 10.0 Å². The van der Waals surface area contributed by atoms with E-state index in [0.29, 0.717) is 16.1 Å². The average Bonchev–Trinajstić information content (AvgIpc) is 2.82. The zero-order valence-electron chi connectivity index (χ0n) is 18.4. The molecule has 1 unspecified atom stereocenters. The van der Waals surface area contributed by atoms with Gasteiger partial charge >= 0.3 is 0 Å². The number of hydrogen-bond acceptors (Lipinski definition) is 4. The molecule has 0 aliphatic rings. The molecule has 174 valence electrons. The van der Waals surface area contributed by atoms with Crippen molar-refractivity contribution in [1.29, 1.82) is 0 Å². The number of halogens is 2. The highest BCUT2D eigenvalue weighted by molar-refractivity contribution is 7.89. The Hall–Kier alpha value is -2.94. The summed E-state index contributed by atoms with van der Waals surface area (Å²) in [4.78, 5) is 14.3. The number of carbonyl (C=O) groups is 1. The van der Waals surface area contributed by atoms with E-state index in [0.717, 1.165) is 0 Å². The molecule has 9 heteroatoms. The van der Waals surface area contributed by atoms with Crippen LogP contribution in [0.15, 0.2) is 71.6 Å². The molecule has 0 aliphatic carbocycles. The molecule has 3 rings (SSSR count). The Morgan fingerprint density at radius 2 is 1.79 bits per heavy atom. The first-order valence-electron chi connectivity index (χ1n) is 10.1. The molecule has 0 fully saturated rings. The maximum atomic E-state index is 14.2. The van der Waals surface area contributed by atoms with Gasteiger partial charge in [0, 0.05) is 29.7 Å². The van der Waals surface area contributed by atoms with Gasteiger partial charge in [-0.1, -0.05) is 41.9 Å². The molecule has 3 aromatic carbocycles. The lowest BCUT2D eigenvalue weighted by atomic mass is 10.1. The van der Waals surface area contributed by atoms with Crippen molar-refractivity contribution in [3.05, 3.63) is 94.3 Å². The first-order valence-corrected chi connectivity index (χ1v) is 11.9. The highest BCUT2D eigenvalue weighted by Crippen LogP contribution is 2.28. The van der Waals surface area contributed by atoms with Crippen LogP contribution < -0.4 is 9.46 Å². The standard InChI is InChI=1S/C24H24ClFN2O4S/c1-16(20-6-4-5-7-21(20)26)28(2)24(29)18-10-13-22(32-3)23(14-18)33(30,31)27-15-17-8-11-19(25)12-9-17/h4-14,16,27H,15H2,1-3H3. The molecule has 3 aromatic rings. The lowest BCUT2D eigenvalue weighted by molar-refractivity contribution is 0.0740. The van der Waals surface area contributed by atoms with Crippen LogP contribution >= 0.6 is 11.6 Å². The first-order chi connectivity index (χ1) is 15.6. The van der Waals surface area contributed by atoms with Crippen molar-refractivity contribution in [2.75, 3.05) is 14.2 Å². The van der Waals surface area contributed by atoms with Crippen molar-refractivity contribution in [3.8, 4) is 5.75 Å². The molecule has 0 saturated heterocycles. The van der Waals surface area contributed by atoms with Crippen LogP contribution in [0.5, 0.6) is 5.75 Å². The van der Waals surface area contributed by atoms with Crippen molar-refractivity contribution >= 4 is 27.5 Å². The van der Waals surface area contributed by atoms with Gasteiger partial charge in [0.25, 0.3) is 5.91 Å². The van der Waals surface area contributed by atoms with Gasteiger partial charge in [-0.05, 0) is 48.9 Å². The largest absolute Gasteiger partial charge is 0.495 e. The van der Waals surface area contributed by atoms with E-state index in [1.54, 1.807) is 49.4 Å². The monoisotopic (exact) mass is 490 g/mol. The van der Waals surface area contributed by atoms with E-state index >= 15 is 0 Å². The van der Waals surface area contributed by atoms with Gasteiger partial charge in [0.05, 0.1) is 13.2 Å². The lowest BCUT2D eigenvalue weighted by Gasteiger charge is -2.26. The van der Waals surface area contributed by atoms with Crippen LogP contribution in [0.1, 0.15) is 34.5 Å². The van der Waals surface area contributed by atoms with Gasteiger partial charge in [0.1, 0.15) is 16.5 Å². The number of nitrogens with zero attached hydrogens (tertiary/aromatic N) is 1. The minimum Gasteiger partial charge on any atom is -0.495 e. The van der Waals surface area contributed by atoms with Crippen LogP contribution in [-0.4, -0.2) is 33.4 Å². The predicted octanol–water partition coefficient (Wildman–Crippen LogP) is 4.80. The quantitative estimate of drug-likeness (QED) is 0.492. The van der Waals surface area contributed by atoms with Gasteiger partial charge in [-0.15, -0.1) is 0 Å². The van der Waals surface area contributed by atoms with Gasteiger partial charge in [-0.3, -0.25) is 4.79 Å². The zero-order chi connectivity index (χ0) is 24.2. The number of sulfonamides is 1. The Kier molecular flexibility index (Phi) is 7.73. The molecule has 1 amide bonds. The summed E-state index contributed by atoms with van der Waals surface area (Å²) in [6.07, 6.45) is 0. The van der Waals surface area contributed by atoms with E-state index in [4.69, 9.17) is 16.3 Å². The number of benzene rings is 3. The minimum atomic E-state index is -4.01. The average molecular weight is 491 g/mol. The van der Waals surface area contributed by atoms with Gasteiger partial charge < -0.3 is 9.64 Å². The van der Waals surface area contributed by atoms with E-state index in [2.05, 4.69) is 4.72 Å².